The maximum Gasteiger partial charge on any atom is 0.120 e. The van der Waals surface area contributed by atoms with Crippen molar-refractivity contribution in [3.8, 4) is 11.8 Å². The molecule has 3 rings (SSSR count). The van der Waals surface area contributed by atoms with Crippen LogP contribution in [0.25, 0.3) is 11.6 Å². The molecule has 128 valence electrons. The SMILES string of the molecule is Cc1ccc(/C(C#N)=C/c2cccc(OCc3ccccc3Cl)c2)cc1. The predicted molar refractivity (Wildman–Crippen MR) is 107 cm³/mol. The van der Waals surface area contributed by atoms with Crippen LogP contribution in [0.3, 0.4) is 0 Å². The summed E-state index contributed by atoms with van der Waals surface area (Å²) in [5.74, 6) is 0.736. The molecule has 2 nitrogen and oxygen atoms in total. The fraction of sp³-hybridized carbons (Fsp3) is 0.0870. The molecule has 0 N–H and O–H groups in total. The maximum atomic E-state index is 9.50. The highest BCUT2D eigenvalue weighted by Crippen LogP contribution is 2.23. The van der Waals surface area contributed by atoms with Crippen LogP contribution in [0.2, 0.25) is 5.02 Å². The molecule has 0 atom stereocenters. The van der Waals surface area contributed by atoms with Crippen molar-refractivity contribution in [3.63, 3.8) is 0 Å². The molecule has 0 bridgehead atoms. The molecule has 0 unspecified atom stereocenters. The standard InChI is InChI=1S/C23H18ClNO/c1-17-9-11-19(12-10-17)21(15-25)13-18-5-4-7-22(14-18)26-16-20-6-2-3-8-23(20)24/h2-14H,16H2,1H3/b21-13+. The molecule has 0 amide bonds. The first kappa shape index (κ1) is 17.8. The molecule has 0 aliphatic carbocycles. The van der Waals surface area contributed by atoms with Crippen LogP contribution in [0.1, 0.15) is 22.3 Å². The first-order chi connectivity index (χ1) is 12.7. The zero-order valence-electron chi connectivity index (χ0n) is 14.4. The fourth-order valence-electron chi connectivity index (χ4n) is 2.55. The Morgan fingerprint density at radius 3 is 2.54 bits per heavy atom. The van der Waals surface area contributed by atoms with E-state index in [9.17, 15) is 5.26 Å². The van der Waals surface area contributed by atoms with Crippen LogP contribution in [0.5, 0.6) is 5.75 Å². The summed E-state index contributed by atoms with van der Waals surface area (Å²) in [5.41, 5.74) is 4.54. The minimum absolute atomic E-state index is 0.399. The van der Waals surface area contributed by atoms with E-state index in [1.54, 1.807) is 0 Å². The Kier molecular flexibility index (Phi) is 5.73. The minimum Gasteiger partial charge on any atom is -0.489 e. The molecule has 26 heavy (non-hydrogen) atoms. The van der Waals surface area contributed by atoms with E-state index in [2.05, 4.69) is 6.07 Å². The largest absolute Gasteiger partial charge is 0.489 e. The van der Waals surface area contributed by atoms with E-state index in [0.29, 0.717) is 17.2 Å². The lowest BCUT2D eigenvalue weighted by molar-refractivity contribution is 0.306. The number of aryl methyl sites for hydroxylation is 1. The van der Waals surface area contributed by atoms with Crippen LogP contribution in [-0.2, 0) is 6.61 Å². The van der Waals surface area contributed by atoms with E-state index in [-0.39, 0.29) is 0 Å². The van der Waals surface area contributed by atoms with Crippen molar-refractivity contribution in [2.75, 3.05) is 0 Å². The number of halogens is 1. The van der Waals surface area contributed by atoms with Gasteiger partial charge in [-0.05, 0) is 42.3 Å². The van der Waals surface area contributed by atoms with Crippen LogP contribution >= 0.6 is 11.6 Å². The molecule has 0 aromatic heterocycles. The topological polar surface area (TPSA) is 33.0 Å². The van der Waals surface area contributed by atoms with E-state index in [0.717, 1.165) is 22.4 Å². The summed E-state index contributed by atoms with van der Waals surface area (Å²) in [6.45, 7) is 2.43. The second kappa shape index (κ2) is 8.38. The van der Waals surface area contributed by atoms with Crippen molar-refractivity contribution in [1.82, 2.24) is 0 Å². The molecular weight excluding hydrogens is 342 g/mol. The van der Waals surface area contributed by atoms with Crippen molar-refractivity contribution in [1.29, 1.82) is 5.26 Å². The summed E-state index contributed by atoms with van der Waals surface area (Å²) in [6.07, 6.45) is 1.87. The van der Waals surface area contributed by atoms with Gasteiger partial charge in [0.05, 0.1) is 11.6 Å². The van der Waals surface area contributed by atoms with Crippen molar-refractivity contribution in [2.45, 2.75) is 13.5 Å². The Balaban J connectivity index is 1.79. The van der Waals surface area contributed by atoms with E-state index < -0.39 is 0 Å². The maximum absolute atomic E-state index is 9.50. The Morgan fingerprint density at radius 1 is 1.04 bits per heavy atom. The van der Waals surface area contributed by atoms with Gasteiger partial charge >= 0.3 is 0 Å². The fourth-order valence-corrected chi connectivity index (χ4v) is 2.74. The summed E-state index contributed by atoms with van der Waals surface area (Å²) >= 11 is 6.16. The molecule has 0 saturated carbocycles. The molecule has 3 aromatic carbocycles. The van der Waals surface area contributed by atoms with Gasteiger partial charge < -0.3 is 4.74 Å². The number of benzene rings is 3. The highest BCUT2D eigenvalue weighted by atomic mass is 35.5. The molecule has 0 spiro atoms. The molecule has 3 heteroatoms. The average Bonchev–Trinajstić information content (AvgIpc) is 2.67. The third-order valence-corrected chi connectivity index (χ3v) is 4.37. The number of hydrogen-bond acceptors (Lipinski definition) is 2. The van der Waals surface area contributed by atoms with Gasteiger partial charge in [-0.15, -0.1) is 0 Å². The van der Waals surface area contributed by atoms with E-state index in [4.69, 9.17) is 16.3 Å². The second-order valence-corrected chi connectivity index (χ2v) is 6.40. The number of allylic oxidation sites excluding steroid dienone is 1. The summed E-state index contributed by atoms with van der Waals surface area (Å²) in [4.78, 5) is 0. The Morgan fingerprint density at radius 2 is 1.81 bits per heavy atom. The predicted octanol–water partition coefficient (Wildman–Crippen LogP) is 6.29. The van der Waals surface area contributed by atoms with Gasteiger partial charge in [-0.2, -0.15) is 5.26 Å². The zero-order valence-corrected chi connectivity index (χ0v) is 15.2. The quantitative estimate of drug-likeness (QED) is 0.396. The van der Waals surface area contributed by atoms with Crippen LogP contribution in [0, 0.1) is 18.3 Å². The Labute approximate surface area is 158 Å². The molecular formula is C23H18ClNO. The Bertz CT molecular complexity index is 968. The van der Waals surface area contributed by atoms with Crippen LogP contribution in [-0.4, -0.2) is 0 Å². The number of nitrogens with zero attached hydrogens (tertiary/aromatic N) is 1. The summed E-state index contributed by atoms with van der Waals surface area (Å²) in [7, 11) is 0. The monoisotopic (exact) mass is 359 g/mol. The molecule has 0 heterocycles. The molecule has 0 fully saturated rings. The zero-order chi connectivity index (χ0) is 18.4. The van der Waals surface area contributed by atoms with Gasteiger partial charge in [0.15, 0.2) is 0 Å². The van der Waals surface area contributed by atoms with Crippen molar-refractivity contribution < 1.29 is 4.74 Å². The normalized spacial score (nSPS) is 11.0. The lowest BCUT2D eigenvalue weighted by atomic mass is 10.0. The van der Waals surface area contributed by atoms with Gasteiger partial charge in [0, 0.05) is 10.6 Å². The van der Waals surface area contributed by atoms with E-state index in [1.807, 2.05) is 85.8 Å². The summed E-state index contributed by atoms with van der Waals surface area (Å²) in [6, 6.07) is 25.5. The third kappa shape index (κ3) is 4.53. The van der Waals surface area contributed by atoms with Gasteiger partial charge in [0.1, 0.15) is 12.4 Å². The molecule has 0 radical (unpaired) electrons. The number of nitriles is 1. The first-order valence-corrected chi connectivity index (χ1v) is 8.68. The van der Waals surface area contributed by atoms with Gasteiger partial charge in [-0.1, -0.05) is 71.8 Å². The molecule has 3 aromatic rings. The number of ether oxygens (including phenoxy) is 1. The lowest BCUT2D eigenvalue weighted by Gasteiger charge is -2.08. The van der Waals surface area contributed by atoms with Gasteiger partial charge in [-0.25, -0.2) is 0 Å². The van der Waals surface area contributed by atoms with Crippen molar-refractivity contribution >= 4 is 23.3 Å². The van der Waals surface area contributed by atoms with Gasteiger partial charge in [0.2, 0.25) is 0 Å². The summed E-state index contributed by atoms with van der Waals surface area (Å²) < 4.78 is 5.85. The molecule has 0 aliphatic heterocycles. The second-order valence-electron chi connectivity index (χ2n) is 5.99. The number of rotatable bonds is 5. The highest BCUT2D eigenvalue weighted by Gasteiger charge is 2.03. The Hall–Kier alpha value is -3.02. The van der Waals surface area contributed by atoms with Crippen LogP contribution < -0.4 is 4.74 Å². The van der Waals surface area contributed by atoms with Crippen LogP contribution in [0.4, 0.5) is 0 Å². The average molecular weight is 360 g/mol. The van der Waals surface area contributed by atoms with Gasteiger partial charge in [0.25, 0.3) is 0 Å². The lowest BCUT2D eigenvalue weighted by Crippen LogP contribution is -1.96. The van der Waals surface area contributed by atoms with Crippen molar-refractivity contribution in [2.24, 2.45) is 0 Å². The van der Waals surface area contributed by atoms with Crippen LogP contribution in [0.15, 0.2) is 72.8 Å². The third-order valence-electron chi connectivity index (χ3n) is 4.00. The van der Waals surface area contributed by atoms with E-state index >= 15 is 0 Å². The summed E-state index contributed by atoms with van der Waals surface area (Å²) in [5, 5.41) is 10.2. The van der Waals surface area contributed by atoms with Crippen molar-refractivity contribution in [3.05, 3.63) is 100 Å². The van der Waals surface area contributed by atoms with E-state index in [1.165, 1.54) is 5.56 Å². The number of hydrogen-bond donors (Lipinski definition) is 0. The molecule has 0 saturated heterocycles. The smallest absolute Gasteiger partial charge is 0.120 e. The molecule has 0 aliphatic rings. The van der Waals surface area contributed by atoms with Gasteiger partial charge in [-0.3, -0.25) is 0 Å². The first-order valence-electron chi connectivity index (χ1n) is 8.31. The highest BCUT2D eigenvalue weighted by molar-refractivity contribution is 6.31. The minimum atomic E-state index is 0.399.